The van der Waals surface area contributed by atoms with Gasteiger partial charge < -0.3 is 29.9 Å². The van der Waals surface area contributed by atoms with E-state index in [1.54, 1.807) is 0 Å². The van der Waals surface area contributed by atoms with Crippen LogP contribution in [0.4, 0.5) is 0 Å². The van der Waals surface area contributed by atoms with Crippen molar-refractivity contribution in [2.24, 2.45) is 11.8 Å². The maximum absolute atomic E-state index is 2.38. The van der Waals surface area contributed by atoms with Crippen LogP contribution < -0.4 is 24.0 Å². The summed E-state index contributed by atoms with van der Waals surface area (Å²) in [5, 5.41) is 0. The topological polar surface area (TPSA) is 0 Å². The molecule has 2 rings (SSSR count). The third kappa shape index (κ3) is 2.00. The van der Waals surface area contributed by atoms with Gasteiger partial charge in [0.15, 0.2) is 0 Å². The minimum absolute atomic E-state index is 0. The molecule has 0 amide bonds. The average Bonchev–Trinajstić information content (AvgIpc) is 2.23. The van der Waals surface area contributed by atoms with Gasteiger partial charge >= 0.3 is 23.1 Å². The molecule has 2 aliphatic rings. The van der Waals surface area contributed by atoms with Crippen LogP contribution in [0.2, 0.25) is 0 Å². The summed E-state index contributed by atoms with van der Waals surface area (Å²) in [7, 11) is 0. The molecule has 2 bridgehead atoms. The van der Waals surface area contributed by atoms with E-state index in [2.05, 4.69) is 6.92 Å². The smallest absolute Gasteiger partial charge is 1.00 e. The number of halogens is 1. The molecule has 0 aromatic rings. The first-order chi connectivity index (χ1) is 3.86. The van der Waals surface area contributed by atoms with Gasteiger partial charge in [-0.3, -0.25) is 0 Å². The van der Waals surface area contributed by atoms with Crippen LogP contribution in [0.15, 0.2) is 0 Å². The molecule has 2 heteroatoms. The number of hydrogen-bond donors (Lipinski definition) is 0. The maximum Gasteiger partial charge on any atom is 2.00 e. The first-order valence-electron chi connectivity index (χ1n) is 3.71. The van der Waals surface area contributed by atoms with Crippen molar-refractivity contribution in [2.75, 3.05) is 0 Å². The second kappa shape index (κ2) is 4.50. The van der Waals surface area contributed by atoms with Crippen LogP contribution in [0.3, 0.4) is 0 Å². The SMILES string of the molecule is CC1CC2CC[C-]1C2.[I-].[Mg+2]. The Hall–Kier alpha value is 1.50. The molecular formula is C8H13IMg. The molecule has 2 unspecified atom stereocenters. The predicted octanol–water partition coefficient (Wildman–Crippen LogP) is -0.976. The van der Waals surface area contributed by atoms with Gasteiger partial charge in [0.05, 0.1) is 0 Å². The van der Waals surface area contributed by atoms with E-state index in [1.807, 2.05) is 5.92 Å². The first-order valence-corrected chi connectivity index (χ1v) is 3.71. The largest absolute Gasteiger partial charge is 2.00 e. The molecule has 54 valence electrons. The second-order valence-electron chi connectivity index (χ2n) is 3.40. The standard InChI is InChI=1S/C8H13.HI.Mg/c1-6-4-7-2-3-8(6)5-7;;/h6-7H,2-5H2,1H3;1H;/q-1;;+2/p-1. The van der Waals surface area contributed by atoms with E-state index >= 15 is 0 Å². The van der Waals surface area contributed by atoms with Crippen LogP contribution in [0.25, 0.3) is 0 Å². The Morgan fingerprint density at radius 1 is 1.40 bits per heavy atom. The average molecular weight is 260 g/mol. The zero-order valence-corrected chi connectivity index (χ0v) is 10.1. The van der Waals surface area contributed by atoms with E-state index in [9.17, 15) is 0 Å². The van der Waals surface area contributed by atoms with Crippen molar-refractivity contribution in [3.05, 3.63) is 5.92 Å². The summed E-state index contributed by atoms with van der Waals surface area (Å²) in [6.45, 7) is 2.38. The molecule has 0 heterocycles. The van der Waals surface area contributed by atoms with E-state index in [0.29, 0.717) is 0 Å². The summed E-state index contributed by atoms with van der Waals surface area (Å²) in [4.78, 5) is 0. The third-order valence-electron chi connectivity index (χ3n) is 2.81. The molecule has 2 saturated carbocycles. The number of rotatable bonds is 0. The van der Waals surface area contributed by atoms with Gasteiger partial charge in [-0.05, 0) is 0 Å². The Labute approximate surface area is 96.7 Å². The molecule has 0 aromatic heterocycles. The fourth-order valence-electron chi connectivity index (χ4n) is 2.28. The van der Waals surface area contributed by atoms with Gasteiger partial charge in [-0.2, -0.15) is 18.8 Å². The number of fused-ring (bicyclic) bond motifs is 2. The molecule has 0 radical (unpaired) electrons. The van der Waals surface area contributed by atoms with Crippen LogP contribution >= 0.6 is 0 Å². The van der Waals surface area contributed by atoms with Gasteiger partial charge in [0.2, 0.25) is 0 Å². The van der Waals surface area contributed by atoms with Gasteiger partial charge in [0, 0.05) is 0 Å². The Balaban J connectivity index is 0.000000405. The van der Waals surface area contributed by atoms with Crippen molar-refractivity contribution in [1.29, 1.82) is 0 Å². The minimum Gasteiger partial charge on any atom is -1.00 e. The van der Waals surface area contributed by atoms with Crippen molar-refractivity contribution >= 4 is 23.1 Å². The van der Waals surface area contributed by atoms with Crippen LogP contribution in [0.1, 0.15) is 32.6 Å². The molecule has 0 spiro atoms. The molecule has 10 heavy (non-hydrogen) atoms. The van der Waals surface area contributed by atoms with Crippen LogP contribution in [-0.2, 0) is 0 Å². The Morgan fingerprint density at radius 3 is 2.30 bits per heavy atom. The van der Waals surface area contributed by atoms with Gasteiger partial charge in [-0.25, -0.2) is 0 Å². The summed E-state index contributed by atoms with van der Waals surface area (Å²) < 4.78 is 0. The van der Waals surface area contributed by atoms with Crippen LogP contribution in [0, 0.1) is 17.8 Å². The summed E-state index contributed by atoms with van der Waals surface area (Å²) in [5.41, 5.74) is 0. The van der Waals surface area contributed by atoms with E-state index in [1.165, 1.54) is 25.7 Å². The minimum atomic E-state index is 0. The van der Waals surface area contributed by atoms with Crippen molar-refractivity contribution in [3.8, 4) is 0 Å². The van der Waals surface area contributed by atoms with Gasteiger partial charge in [-0.1, -0.05) is 25.7 Å². The molecule has 2 fully saturated rings. The van der Waals surface area contributed by atoms with E-state index in [0.717, 1.165) is 11.8 Å². The first kappa shape index (κ1) is 11.5. The Kier molecular flexibility index (Phi) is 5.18. The quantitative estimate of drug-likeness (QED) is 0.298. The Bertz CT molecular complexity index is 103. The maximum atomic E-state index is 2.38. The van der Waals surface area contributed by atoms with Crippen molar-refractivity contribution in [2.45, 2.75) is 32.6 Å². The van der Waals surface area contributed by atoms with Crippen molar-refractivity contribution in [3.63, 3.8) is 0 Å². The van der Waals surface area contributed by atoms with Crippen LogP contribution in [0.5, 0.6) is 0 Å². The fourth-order valence-corrected chi connectivity index (χ4v) is 2.28. The zero-order chi connectivity index (χ0) is 5.56. The molecule has 0 aliphatic heterocycles. The molecule has 2 atom stereocenters. The predicted molar refractivity (Wildman–Crippen MR) is 40.1 cm³/mol. The zero-order valence-electron chi connectivity index (χ0n) is 6.57. The van der Waals surface area contributed by atoms with Gasteiger partial charge in [0.1, 0.15) is 0 Å². The molecular weight excluding hydrogens is 247 g/mol. The number of hydrogen-bond acceptors (Lipinski definition) is 0. The molecule has 0 nitrogen and oxygen atoms in total. The summed E-state index contributed by atoms with van der Waals surface area (Å²) in [6, 6.07) is 0. The van der Waals surface area contributed by atoms with Crippen molar-refractivity contribution in [1.82, 2.24) is 0 Å². The monoisotopic (exact) mass is 260 g/mol. The van der Waals surface area contributed by atoms with E-state index in [-0.39, 0.29) is 47.0 Å². The van der Waals surface area contributed by atoms with Gasteiger partial charge in [0.25, 0.3) is 0 Å². The normalized spacial score (nSPS) is 36.9. The molecule has 0 saturated heterocycles. The summed E-state index contributed by atoms with van der Waals surface area (Å²) in [5.74, 6) is 3.98. The van der Waals surface area contributed by atoms with Gasteiger partial charge in [-0.15, -0.1) is 0 Å². The Morgan fingerprint density at radius 2 is 2.10 bits per heavy atom. The summed E-state index contributed by atoms with van der Waals surface area (Å²) >= 11 is 0. The van der Waals surface area contributed by atoms with Crippen molar-refractivity contribution < 1.29 is 24.0 Å². The fraction of sp³-hybridized carbons (Fsp3) is 0.875. The second-order valence-corrected chi connectivity index (χ2v) is 3.40. The third-order valence-corrected chi connectivity index (χ3v) is 2.81. The molecule has 0 aromatic carbocycles. The van der Waals surface area contributed by atoms with Crippen LogP contribution in [-0.4, -0.2) is 23.1 Å². The molecule has 2 aliphatic carbocycles. The van der Waals surface area contributed by atoms with E-state index < -0.39 is 0 Å². The molecule has 0 N–H and O–H groups in total. The summed E-state index contributed by atoms with van der Waals surface area (Å²) in [6.07, 6.45) is 5.97. The van der Waals surface area contributed by atoms with E-state index in [4.69, 9.17) is 0 Å².